The van der Waals surface area contributed by atoms with E-state index in [0.29, 0.717) is 46.3 Å². The topological polar surface area (TPSA) is 131 Å². The fraction of sp³-hybridized carbons (Fsp3) is 0.343. The van der Waals surface area contributed by atoms with Crippen molar-refractivity contribution >= 4 is 28.0 Å². The highest BCUT2D eigenvalue weighted by Gasteiger charge is 2.31. The van der Waals surface area contributed by atoms with Gasteiger partial charge in [0, 0.05) is 61.3 Å². The summed E-state index contributed by atoms with van der Waals surface area (Å²) in [4.78, 5) is 37.9. The molecule has 8 rings (SSSR count). The Kier molecular flexibility index (Phi) is 7.35. The van der Waals surface area contributed by atoms with Gasteiger partial charge in [0.1, 0.15) is 28.8 Å². The van der Waals surface area contributed by atoms with Gasteiger partial charge >= 0.3 is 0 Å². The van der Waals surface area contributed by atoms with E-state index in [1.165, 1.54) is 22.3 Å². The quantitative estimate of drug-likeness (QED) is 0.265. The van der Waals surface area contributed by atoms with Gasteiger partial charge in [0.25, 0.3) is 11.5 Å². The first-order valence-corrected chi connectivity index (χ1v) is 16.2. The van der Waals surface area contributed by atoms with Crippen LogP contribution in [0.2, 0.25) is 0 Å². The maximum Gasteiger partial charge on any atom is 0.276 e. The molecule has 1 saturated carbocycles. The minimum atomic E-state index is -1.17. The number of halogens is 1. The lowest BCUT2D eigenvalue weighted by atomic mass is 10.0. The molecular formula is C35H36FN9O3. The zero-order chi connectivity index (χ0) is 33.1. The number of aromatic nitrogens is 7. The van der Waals surface area contributed by atoms with E-state index in [1.807, 2.05) is 18.3 Å². The Bertz CT molecular complexity index is 2240. The van der Waals surface area contributed by atoms with Crippen LogP contribution in [0, 0.1) is 5.92 Å². The number of hydrogen-bond acceptors (Lipinski definition) is 7. The molecule has 2 atom stereocenters. The minimum Gasteiger partial charge on any atom is -0.494 e. The standard InChI is InChI=1S/C35H36FN9O3/c1-41-10-4-6-28(35(41)47)45-18-22(15-39-45)17-44-31-27(11-24(13-30(31)48-2)34(46)42-19-25(36)14-26(37)20-42)40-33(44)29-12-23-5-3-9-38-32(23)43(29)16-21-7-8-21/h3-6,9-13,15,18,21,25-26H,7-8,14,16-17,19-20,37H2,1-2H3/t25-,26-/m1/s1. The van der Waals surface area contributed by atoms with Crippen molar-refractivity contribution < 1.29 is 13.9 Å². The van der Waals surface area contributed by atoms with Gasteiger partial charge in [0.2, 0.25) is 0 Å². The maximum atomic E-state index is 14.4. The number of hydrogen-bond donors (Lipinski definition) is 1. The van der Waals surface area contributed by atoms with E-state index in [2.05, 4.69) is 20.3 Å². The van der Waals surface area contributed by atoms with Crippen LogP contribution in [-0.4, -0.2) is 76.7 Å². The smallest absolute Gasteiger partial charge is 0.276 e. The van der Waals surface area contributed by atoms with Crippen LogP contribution in [0.3, 0.4) is 0 Å². The third-order valence-corrected chi connectivity index (χ3v) is 9.34. The molecule has 1 amide bonds. The summed E-state index contributed by atoms with van der Waals surface area (Å²) in [6.45, 7) is 1.44. The van der Waals surface area contributed by atoms with Crippen LogP contribution in [-0.2, 0) is 20.1 Å². The molecule has 1 aromatic carbocycles. The van der Waals surface area contributed by atoms with Crippen molar-refractivity contribution in [3.63, 3.8) is 0 Å². The minimum absolute atomic E-state index is 0.00461. The predicted molar refractivity (Wildman–Crippen MR) is 179 cm³/mol. The predicted octanol–water partition coefficient (Wildman–Crippen LogP) is 3.92. The average molecular weight is 650 g/mol. The number of benzene rings is 1. The Morgan fingerprint density at radius 2 is 1.98 bits per heavy atom. The number of alkyl halides is 1. The van der Waals surface area contributed by atoms with E-state index < -0.39 is 12.2 Å². The van der Waals surface area contributed by atoms with Gasteiger partial charge in [-0.1, -0.05) is 0 Å². The Hall–Kier alpha value is -5.30. The second-order valence-electron chi connectivity index (χ2n) is 13.0. The first-order chi connectivity index (χ1) is 23.3. The summed E-state index contributed by atoms with van der Waals surface area (Å²) in [6, 6.07) is 12.6. The van der Waals surface area contributed by atoms with Gasteiger partial charge in [-0.2, -0.15) is 5.10 Å². The van der Waals surface area contributed by atoms with Crippen molar-refractivity contribution in [3.8, 4) is 23.0 Å². The van der Waals surface area contributed by atoms with Crippen molar-refractivity contribution in [1.29, 1.82) is 0 Å². The van der Waals surface area contributed by atoms with Crippen molar-refractivity contribution in [3.05, 3.63) is 88.7 Å². The summed E-state index contributed by atoms with van der Waals surface area (Å²) in [6.07, 6.45) is 8.48. The number of ether oxygens (including phenoxy) is 1. The van der Waals surface area contributed by atoms with E-state index in [-0.39, 0.29) is 31.0 Å². The molecule has 1 aliphatic heterocycles. The lowest BCUT2D eigenvalue weighted by Gasteiger charge is -2.33. The molecule has 0 bridgehead atoms. The van der Waals surface area contributed by atoms with Gasteiger partial charge in [-0.3, -0.25) is 9.59 Å². The first-order valence-electron chi connectivity index (χ1n) is 16.2. The van der Waals surface area contributed by atoms with Gasteiger partial charge < -0.3 is 29.1 Å². The van der Waals surface area contributed by atoms with Crippen molar-refractivity contribution in [1.82, 2.24) is 38.3 Å². The molecule has 1 aliphatic carbocycles. The van der Waals surface area contributed by atoms with Crippen molar-refractivity contribution in [2.45, 2.75) is 44.6 Å². The molecule has 1 saturated heterocycles. The summed E-state index contributed by atoms with van der Waals surface area (Å²) < 4.78 is 27.8. The van der Waals surface area contributed by atoms with E-state index in [4.69, 9.17) is 20.4 Å². The number of pyridine rings is 2. The highest BCUT2D eigenvalue weighted by atomic mass is 19.1. The Morgan fingerprint density at radius 3 is 2.77 bits per heavy atom. The molecule has 5 aromatic heterocycles. The monoisotopic (exact) mass is 649 g/mol. The Morgan fingerprint density at radius 1 is 1.12 bits per heavy atom. The number of methoxy groups -OCH3 is 1. The summed E-state index contributed by atoms with van der Waals surface area (Å²) >= 11 is 0. The number of carbonyl (C=O) groups excluding carboxylic acids is 1. The van der Waals surface area contributed by atoms with Gasteiger partial charge in [-0.25, -0.2) is 19.0 Å². The fourth-order valence-corrected chi connectivity index (χ4v) is 6.81. The number of aryl methyl sites for hydroxylation is 1. The zero-order valence-corrected chi connectivity index (χ0v) is 26.8. The number of nitrogens with two attached hydrogens (primary N) is 1. The van der Waals surface area contributed by atoms with E-state index >= 15 is 0 Å². The van der Waals surface area contributed by atoms with Crippen LogP contribution in [0.25, 0.3) is 39.3 Å². The normalized spacial score (nSPS) is 18.2. The lowest BCUT2D eigenvalue weighted by molar-refractivity contribution is 0.0606. The largest absolute Gasteiger partial charge is 0.494 e. The Balaban J connectivity index is 1.29. The van der Waals surface area contributed by atoms with Crippen LogP contribution < -0.4 is 16.0 Å². The fourth-order valence-electron chi connectivity index (χ4n) is 6.81. The zero-order valence-electron chi connectivity index (χ0n) is 26.8. The highest BCUT2D eigenvalue weighted by molar-refractivity contribution is 6.00. The van der Waals surface area contributed by atoms with Crippen LogP contribution >= 0.6 is 0 Å². The number of imidazole rings is 1. The Labute approximate surface area is 275 Å². The van der Waals surface area contributed by atoms with E-state index in [0.717, 1.165) is 28.8 Å². The molecule has 6 aromatic rings. The SMILES string of the molecule is COc1cc(C(=O)N2C[C@H](N)C[C@@H](F)C2)cc2nc(-c3cc4cccnc4n3CC3CC3)n(Cc3cnn(-c4cccn(C)c4=O)c3)c12. The molecule has 2 N–H and O–H groups in total. The molecular weight excluding hydrogens is 613 g/mol. The number of carbonyl (C=O) groups is 1. The molecule has 12 nitrogen and oxygen atoms in total. The summed E-state index contributed by atoms with van der Waals surface area (Å²) in [5.74, 6) is 1.39. The molecule has 0 radical (unpaired) electrons. The third kappa shape index (κ3) is 5.33. The third-order valence-electron chi connectivity index (χ3n) is 9.34. The van der Waals surface area contributed by atoms with E-state index in [9.17, 15) is 14.0 Å². The second-order valence-corrected chi connectivity index (χ2v) is 13.0. The molecule has 0 unspecified atom stereocenters. The van der Waals surface area contributed by atoms with Gasteiger partial charge in [-0.05, 0) is 67.6 Å². The van der Waals surface area contributed by atoms with Crippen LogP contribution in [0.5, 0.6) is 5.75 Å². The molecule has 13 heteroatoms. The molecule has 2 aliphatic rings. The lowest BCUT2D eigenvalue weighted by Crippen LogP contribution is -2.50. The summed E-state index contributed by atoms with van der Waals surface area (Å²) in [5, 5.41) is 5.53. The van der Waals surface area contributed by atoms with Gasteiger partial charge in [0.15, 0.2) is 5.82 Å². The molecule has 0 spiro atoms. The van der Waals surface area contributed by atoms with Gasteiger partial charge in [0.05, 0.1) is 37.6 Å². The van der Waals surface area contributed by atoms with Crippen LogP contribution in [0.4, 0.5) is 4.39 Å². The highest BCUT2D eigenvalue weighted by Crippen LogP contribution is 2.38. The van der Waals surface area contributed by atoms with Crippen molar-refractivity contribution in [2.75, 3.05) is 20.2 Å². The first kappa shape index (κ1) is 30.1. The second kappa shape index (κ2) is 11.7. The van der Waals surface area contributed by atoms with Crippen molar-refractivity contribution in [2.24, 2.45) is 18.7 Å². The number of nitrogens with zero attached hydrogens (tertiary/aromatic N) is 8. The number of likely N-dealkylation sites (tertiary alicyclic amines) is 1. The number of amides is 1. The number of piperidine rings is 1. The molecule has 246 valence electrons. The van der Waals surface area contributed by atoms with Crippen LogP contribution in [0.15, 0.2) is 72.0 Å². The summed E-state index contributed by atoms with van der Waals surface area (Å²) in [5.41, 5.74) is 10.6. The van der Waals surface area contributed by atoms with E-state index in [1.54, 1.807) is 61.7 Å². The molecule has 6 heterocycles. The summed E-state index contributed by atoms with van der Waals surface area (Å²) in [7, 11) is 3.27. The number of fused-ring (bicyclic) bond motifs is 2. The average Bonchev–Trinajstić information content (AvgIpc) is 3.48. The maximum absolute atomic E-state index is 14.4. The van der Waals surface area contributed by atoms with Crippen LogP contribution in [0.1, 0.15) is 35.2 Å². The molecule has 48 heavy (non-hydrogen) atoms. The van der Waals surface area contributed by atoms with Gasteiger partial charge in [-0.15, -0.1) is 0 Å². The molecule has 2 fully saturated rings. The number of rotatable bonds is 8.